The summed E-state index contributed by atoms with van der Waals surface area (Å²) < 4.78 is 25.0. The summed E-state index contributed by atoms with van der Waals surface area (Å²) in [4.78, 5) is -0.210. The van der Waals surface area contributed by atoms with Crippen molar-refractivity contribution in [1.82, 2.24) is 0 Å². The summed E-state index contributed by atoms with van der Waals surface area (Å²) in [6.07, 6.45) is 0.802. The van der Waals surface area contributed by atoms with Gasteiger partial charge in [0.15, 0.2) is 0 Å². The maximum Gasteiger partial charge on any atom is 0.210 e. The first-order valence-corrected chi connectivity index (χ1v) is 8.89. The van der Waals surface area contributed by atoms with E-state index in [0.717, 1.165) is 23.4 Å². The van der Waals surface area contributed by atoms with E-state index in [-0.39, 0.29) is 21.3 Å². The predicted octanol–water partition coefficient (Wildman–Crippen LogP) is 3.18. The van der Waals surface area contributed by atoms with Crippen LogP contribution in [-0.2, 0) is 16.3 Å². The zero-order valence-electron chi connectivity index (χ0n) is 11.4. The van der Waals surface area contributed by atoms with E-state index in [0.29, 0.717) is 5.56 Å². The van der Waals surface area contributed by atoms with Gasteiger partial charge in [-0.25, -0.2) is 8.42 Å². The lowest BCUT2D eigenvalue weighted by molar-refractivity contribution is 0.442. The first-order valence-electron chi connectivity index (χ1n) is 6.29. The third-order valence-electron chi connectivity index (χ3n) is 3.18. The van der Waals surface area contributed by atoms with Crippen LogP contribution >= 0.6 is 15.9 Å². The second-order valence-corrected chi connectivity index (χ2v) is 7.40. The van der Waals surface area contributed by atoms with Crippen molar-refractivity contribution < 1.29 is 18.6 Å². The number of halogens is 1. The predicted molar refractivity (Wildman–Crippen MR) is 83.9 cm³/mol. The first-order chi connectivity index (χ1) is 9.86. The summed E-state index contributed by atoms with van der Waals surface area (Å²) in [6.45, 7) is 1.58. The molecule has 0 heterocycles. The van der Waals surface area contributed by atoms with E-state index < -0.39 is 9.84 Å². The van der Waals surface area contributed by atoms with Gasteiger partial charge in [0.1, 0.15) is 16.4 Å². The minimum absolute atomic E-state index is 0.0828. The van der Waals surface area contributed by atoms with E-state index in [9.17, 15) is 18.6 Å². The van der Waals surface area contributed by atoms with Gasteiger partial charge < -0.3 is 10.2 Å². The van der Waals surface area contributed by atoms with Crippen LogP contribution in [0.3, 0.4) is 0 Å². The highest BCUT2D eigenvalue weighted by Crippen LogP contribution is 2.33. The Balaban J connectivity index is 2.49. The molecule has 0 saturated heterocycles. The first kappa shape index (κ1) is 15.9. The van der Waals surface area contributed by atoms with Gasteiger partial charge in [0, 0.05) is 11.4 Å². The van der Waals surface area contributed by atoms with Crippen LogP contribution in [0.25, 0.3) is 0 Å². The number of rotatable bonds is 4. The summed E-state index contributed by atoms with van der Waals surface area (Å²) in [6, 6.07) is 8.79. The lowest BCUT2D eigenvalue weighted by atomic mass is 10.2. The van der Waals surface area contributed by atoms with Gasteiger partial charge in [0.25, 0.3) is 0 Å². The number of aromatic hydroxyl groups is 2. The molecule has 2 N–H and O–H groups in total. The number of benzene rings is 2. The molecule has 21 heavy (non-hydrogen) atoms. The summed E-state index contributed by atoms with van der Waals surface area (Å²) in [5.74, 6) is -0.530. The Morgan fingerprint density at radius 1 is 1.05 bits per heavy atom. The molecule has 0 radical (unpaired) electrons. The second-order valence-electron chi connectivity index (χ2n) is 4.69. The van der Waals surface area contributed by atoms with Gasteiger partial charge in [-0.3, -0.25) is 0 Å². The minimum Gasteiger partial charge on any atom is -0.508 e. The molecule has 0 amide bonds. The van der Waals surface area contributed by atoms with E-state index in [1.165, 1.54) is 18.2 Å². The van der Waals surface area contributed by atoms with Crippen LogP contribution in [0.2, 0.25) is 0 Å². The largest absolute Gasteiger partial charge is 0.508 e. The number of alkyl halides is 1. The Bertz CT molecular complexity index is 752. The topological polar surface area (TPSA) is 74.6 Å². The third-order valence-corrected chi connectivity index (χ3v) is 5.38. The lowest BCUT2D eigenvalue weighted by Gasteiger charge is -2.09. The van der Waals surface area contributed by atoms with E-state index >= 15 is 0 Å². The molecule has 0 aromatic heterocycles. The molecule has 0 aliphatic carbocycles. The molecule has 0 saturated carbocycles. The molecule has 0 aliphatic rings. The number of aryl methyl sites for hydroxylation is 2. The highest BCUT2D eigenvalue weighted by molar-refractivity contribution is 9.09. The van der Waals surface area contributed by atoms with Gasteiger partial charge in [-0.05, 0) is 42.7 Å². The molecule has 0 atom stereocenters. The van der Waals surface area contributed by atoms with Crippen LogP contribution in [-0.4, -0.2) is 24.0 Å². The van der Waals surface area contributed by atoms with Gasteiger partial charge >= 0.3 is 0 Å². The Labute approximate surface area is 132 Å². The number of sulfone groups is 1. The smallest absolute Gasteiger partial charge is 0.210 e. The van der Waals surface area contributed by atoms with Crippen molar-refractivity contribution in [3.8, 4) is 11.5 Å². The van der Waals surface area contributed by atoms with Gasteiger partial charge in [-0.2, -0.15) is 0 Å². The maximum absolute atomic E-state index is 12.5. The van der Waals surface area contributed by atoms with E-state index in [2.05, 4.69) is 15.9 Å². The zero-order valence-corrected chi connectivity index (χ0v) is 13.8. The molecule has 4 nitrogen and oxygen atoms in total. The molecular formula is C15H15BrO4S. The van der Waals surface area contributed by atoms with Crippen molar-refractivity contribution in [2.75, 3.05) is 5.33 Å². The van der Waals surface area contributed by atoms with Crippen LogP contribution in [0.5, 0.6) is 11.5 Å². The fraction of sp³-hybridized carbons (Fsp3) is 0.200. The summed E-state index contributed by atoms with van der Waals surface area (Å²) in [5.41, 5.74) is 1.43. The molecule has 0 bridgehead atoms. The van der Waals surface area contributed by atoms with Crippen molar-refractivity contribution in [2.24, 2.45) is 0 Å². The molecule has 6 heteroatoms. The number of phenols is 2. The van der Waals surface area contributed by atoms with E-state index in [1.54, 1.807) is 19.1 Å². The van der Waals surface area contributed by atoms with Crippen molar-refractivity contribution in [3.05, 3.63) is 47.5 Å². The van der Waals surface area contributed by atoms with Gasteiger partial charge in [0.05, 0.1) is 4.90 Å². The Morgan fingerprint density at radius 2 is 1.67 bits per heavy atom. The Hall–Kier alpha value is -1.53. The number of hydrogen-bond acceptors (Lipinski definition) is 4. The van der Waals surface area contributed by atoms with Gasteiger partial charge in [-0.15, -0.1) is 0 Å². The monoisotopic (exact) mass is 370 g/mol. The normalized spacial score (nSPS) is 11.5. The van der Waals surface area contributed by atoms with Crippen LogP contribution in [0.1, 0.15) is 11.1 Å². The van der Waals surface area contributed by atoms with Gasteiger partial charge in [0.2, 0.25) is 9.84 Å². The van der Waals surface area contributed by atoms with Crippen LogP contribution in [0.4, 0.5) is 0 Å². The SMILES string of the molecule is Cc1cc(O)c(S(=O)(=O)c2ccc(CCBr)cc2)cc1O. The van der Waals surface area contributed by atoms with Crippen LogP contribution in [0.15, 0.2) is 46.2 Å². The molecule has 0 fully saturated rings. The minimum atomic E-state index is -3.86. The molecule has 2 aromatic carbocycles. The quantitative estimate of drug-likeness (QED) is 0.640. The van der Waals surface area contributed by atoms with Crippen molar-refractivity contribution in [1.29, 1.82) is 0 Å². The standard InChI is InChI=1S/C15H15BrO4S/c1-10-8-14(18)15(9-13(10)17)21(19,20)12-4-2-11(3-5-12)6-7-16/h2-5,8-9,17-18H,6-7H2,1H3. The Morgan fingerprint density at radius 3 is 2.24 bits per heavy atom. The van der Waals surface area contributed by atoms with Crippen LogP contribution in [0, 0.1) is 6.92 Å². The van der Waals surface area contributed by atoms with Crippen LogP contribution < -0.4 is 0 Å². The average molecular weight is 371 g/mol. The summed E-state index contributed by atoms with van der Waals surface area (Å²) >= 11 is 3.33. The van der Waals surface area contributed by atoms with Crippen molar-refractivity contribution in [2.45, 2.75) is 23.1 Å². The zero-order chi connectivity index (χ0) is 15.6. The fourth-order valence-electron chi connectivity index (χ4n) is 1.95. The van der Waals surface area contributed by atoms with Crippen molar-refractivity contribution >= 4 is 25.8 Å². The highest BCUT2D eigenvalue weighted by atomic mass is 79.9. The molecule has 2 aromatic rings. The fourth-order valence-corrected chi connectivity index (χ4v) is 3.76. The molecule has 2 rings (SSSR count). The number of hydrogen-bond donors (Lipinski definition) is 2. The molecule has 0 spiro atoms. The van der Waals surface area contributed by atoms with E-state index in [1.807, 2.05) is 0 Å². The van der Waals surface area contributed by atoms with Gasteiger partial charge in [-0.1, -0.05) is 28.1 Å². The lowest BCUT2D eigenvalue weighted by Crippen LogP contribution is -2.03. The third kappa shape index (κ3) is 3.22. The van der Waals surface area contributed by atoms with Crippen molar-refractivity contribution in [3.63, 3.8) is 0 Å². The number of phenolic OH excluding ortho intramolecular Hbond substituents is 2. The highest BCUT2D eigenvalue weighted by Gasteiger charge is 2.22. The average Bonchev–Trinajstić information content (AvgIpc) is 2.43. The second kappa shape index (κ2) is 6.07. The summed E-state index contributed by atoms with van der Waals surface area (Å²) in [5, 5.41) is 20.3. The van der Waals surface area contributed by atoms with E-state index in [4.69, 9.17) is 0 Å². The Kier molecular flexibility index (Phi) is 4.58. The molecule has 0 unspecified atom stereocenters. The maximum atomic E-state index is 12.5. The molecule has 0 aliphatic heterocycles. The summed E-state index contributed by atoms with van der Waals surface area (Å²) in [7, 11) is -3.86. The molecular weight excluding hydrogens is 356 g/mol. The molecule has 112 valence electrons.